The number of rotatable bonds is 2. The number of hydrogen-bond acceptors (Lipinski definition) is 4. The number of carbonyl (C=O) groups is 1. The number of hydrogen-bond donors (Lipinski definition) is 2. The monoisotopic (exact) mass is 189 g/mol. The molecule has 0 fully saturated rings. The van der Waals surface area contributed by atoms with Crippen LogP contribution in [0.2, 0.25) is 0 Å². The lowest BCUT2D eigenvalue weighted by atomic mass is 10.1. The highest BCUT2D eigenvalue weighted by atomic mass is 16.1. The summed E-state index contributed by atoms with van der Waals surface area (Å²) in [5, 5.41) is 13.8. The number of nitrogens with one attached hydrogen (secondary N) is 1. The number of aromatic amines is 1. The fourth-order valence-electron chi connectivity index (χ4n) is 1.13. The van der Waals surface area contributed by atoms with E-state index >= 15 is 0 Å². The zero-order valence-electron chi connectivity index (χ0n) is 7.14. The molecule has 0 aliphatic rings. The first-order valence-electron chi connectivity index (χ1n) is 3.89. The number of nitrogens with two attached hydrogens (primary N) is 1. The quantitative estimate of drug-likeness (QED) is 0.692. The molecule has 0 atom stereocenters. The number of primary amides is 1. The SMILES string of the molecule is NC(=O)c1cn[nH]c1-c1ccnnc1. The van der Waals surface area contributed by atoms with Crippen LogP contribution in [-0.4, -0.2) is 26.3 Å². The zero-order valence-corrected chi connectivity index (χ0v) is 7.14. The standard InChI is InChI=1S/C8H7N5O/c9-8(14)6-4-12-13-7(6)5-1-2-10-11-3-5/h1-4H,(H2,9,14)(H,12,13). The van der Waals surface area contributed by atoms with Crippen molar-refractivity contribution in [3.8, 4) is 11.3 Å². The molecule has 70 valence electrons. The lowest BCUT2D eigenvalue weighted by molar-refractivity contribution is 0.100. The molecule has 6 heteroatoms. The van der Waals surface area contributed by atoms with Crippen molar-refractivity contribution in [3.63, 3.8) is 0 Å². The van der Waals surface area contributed by atoms with Crippen LogP contribution in [0.1, 0.15) is 10.4 Å². The van der Waals surface area contributed by atoms with Crippen molar-refractivity contribution in [2.24, 2.45) is 5.73 Å². The topological polar surface area (TPSA) is 97.6 Å². The van der Waals surface area contributed by atoms with E-state index in [9.17, 15) is 4.79 Å². The molecular weight excluding hydrogens is 182 g/mol. The molecule has 0 spiro atoms. The van der Waals surface area contributed by atoms with Gasteiger partial charge in [-0.1, -0.05) is 0 Å². The van der Waals surface area contributed by atoms with Gasteiger partial charge < -0.3 is 5.73 Å². The zero-order chi connectivity index (χ0) is 9.97. The number of amides is 1. The second-order valence-corrected chi connectivity index (χ2v) is 2.65. The van der Waals surface area contributed by atoms with E-state index in [1.54, 1.807) is 6.07 Å². The molecule has 0 bridgehead atoms. The summed E-state index contributed by atoms with van der Waals surface area (Å²) in [5.41, 5.74) is 6.80. The van der Waals surface area contributed by atoms with Crippen molar-refractivity contribution in [1.82, 2.24) is 20.4 Å². The van der Waals surface area contributed by atoms with E-state index < -0.39 is 5.91 Å². The average Bonchev–Trinajstić information content (AvgIpc) is 2.67. The second kappa shape index (κ2) is 3.25. The van der Waals surface area contributed by atoms with Crippen LogP contribution in [0.5, 0.6) is 0 Å². The number of carbonyl (C=O) groups excluding carboxylic acids is 1. The van der Waals surface area contributed by atoms with E-state index in [1.165, 1.54) is 18.6 Å². The Bertz CT molecular complexity index is 450. The lowest BCUT2D eigenvalue weighted by Crippen LogP contribution is -2.11. The van der Waals surface area contributed by atoms with Crippen LogP contribution in [0, 0.1) is 0 Å². The van der Waals surface area contributed by atoms with E-state index in [0.717, 1.165) is 5.56 Å². The summed E-state index contributed by atoms with van der Waals surface area (Å²) in [6, 6.07) is 1.72. The van der Waals surface area contributed by atoms with Crippen LogP contribution in [0.25, 0.3) is 11.3 Å². The van der Waals surface area contributed by atoms with E-state index in [1.807, 2.05) is 0 Å². The van der Waals surface area contributed by atoms with Crippen LogP contribution >= 0.6 is 0 Å². The molecular formula is C8H7N5O. The minimum Gasteiger partial charge on any atom is -0.365 e. The van der Waals surface area contributed by atoms with Crippen LogP contribution in [0.3, 0.4) is 0 Å². The smallest absolute Gasteiger partial charge is 0.252 e. The average molecular weight is 189 g/mol. The Balaban J connectivity index is 2.52. The van der Waals surface area contributed by atoms with Gasteiger partial charge in [-0.3, -0.25) is 9.89 Å². The first-order chi connectivity index (χ1) is 6.79. The maximum Gasteiger partial charge on any atom is 0.252 e. The predicted molar refractivity (Wildman–Crippen MR) is 48.1 cm³/mol. The molecule has 1 amide bonds. The largest absolute Gasteiger partial charge is 0.365 e. The normalized spacial score (nSPS) is 10.0. The Morgan fingerprint density at radius 1 is 1.36 bits per heavy atom. The molecule has 0 radical (unpaired) electrons. The molecule has 2 rings (SSSR count). The summed E-state index contributed by atoms with van der Waals surface area (Å²) in [7, 11) is 0. The minimum atomic E-state index is -0.523. The molecule has 0 saturated heterocycles. The summed E-state index contributed by atoms with van der Waals surface area (Å²) in [6.07, 6.45) is 4.44. The molecule has 3 N–H and O–H groups in total. The third-order valence-electron chi connectivity index (χ3n) is 1.78. The second-order valence-electron chi connectivity index (χ2n) is 2.65. The Labute approximate surface area is 79.2 Å². The van der Waals surface area contributed by atoms with Gasteiger partial charge in [0.15, 0.2) is 0 Å². The summed E-state index contributed by atoms with van der Waals surface area (Å²) < 4.78 is 0. The molecule has 2 aromatic rings. The minimum absolute atomic E-state index is 0.345. The van der Waals surface area contributed by atoms with E-state index in [-0.39, 0.29) is 0 Å². The van der Waals surface area contributed by atoms with Crippen LogP contribution < -0.4 is 5.73 Å². The van der Waals surface area contributed by atoms with Crippen molar-refractivity contribution in [1.29, 1.82) is 0 Å². The van der Waals surface area contributed by atoms with Crippen LogP contribution in [-0.2, 0) is 0 Å². The fourth-order valence-corrected chi connectivity index (χ4v) is 1.13. The predicted octanol–water partition coefficient (Wildman–Crippen LogP) is -0.0344. The molecule has 0 aliphatic heterocycles. The maximum atomic E-state index is 11.0. The Kier molecular flexibility index (Phi) is 1.94. The van der Waals surface area contributed by atoms with Gasteiger partial charge in [-0.15, -0.1) is 0 Å². The molecule has 14 heavy (non-hydrogen) atoms. The van der Waals surface area contributed by atoms with Gasteiger partial charge in [-0.2, -0.15) is 15.3 Å². The Hall–Kier alpha value is -2.24. The third kappa shape index (κ3) is 1.33. The summed E-state index contributed by atoms with van der Waals surface area (Å²) >= 11 is 0. The van der Waals surface area contributed by atoms with E-state index in [2.05, 4.69) is 20.4 Å². The van der Waals surface area contributed by atoms with Crippen LogP contribution in [0.4, 0.5) is 0 Å². The highest BCUT2D eigenvalue weighted by Crippen LogP contribution is 2.18. The van der Waals surface area contributed by atoms with Gasteiger partial charge in [0.25, 0.3) is 5.91 Å². The van der Waals surface area contributed by atoms with E-state index in [0.29, 0.717) is 11.3 Å². The Morgan fingerprint density at radius 2 is 2.21 bits per heavy atom. The fraction of sp³-hybridized carbons (Fsp3) is 0. The van der Waals surface area contributed by atoms with Gasteiger partial charge in [0.05, 0.1) is 29.8 Å². The number of nitrogens with zero attached hydrogens (tertiary/aromatic N) is 3. The van der Waals surface area contributed by atoms with Crippen molar-refractivity contribution >= 4 is 5.91 Å². The molecule has 0 aliphatic carbocycles. The summed E-state index contributed by atoms with van der Waals surface area (Å²) in [4.78, 5) is 11.0. The summed E-state index contributed by atoms with van der Waals surface area (Å²) in [6.45, 7) is 0. The summed E-state index contributed by atoms with van der Waals surface area (Å²) in [5.74, 6) is -0.523. The van der Waals surface area contributed by atoms with Gasteiger partial charge in [-0.25, -0.2) is 0 Å². The number of aromatic nitrogens is 4. The molecule has 2 heterocycles. The Morgan fingerprint density at radius 3 is 2.86 bits per heavy atom. The van der Waals surface area contributed by atoms with Gasteiger partial charge in [0.2, 0.25) is 0 Å². The highest BCUT2D eigenvalue weighted by Gasteiger charge is 2.11. The van der Waals surface area contributed by atoms with Crippen molar-refractivity contribution in [3.05, 3.63) is 30.2 Å². The molecule has 0 saturated carbocycles. The van der Waals surface area contributed by atoms with E-state index in [4.69, 9.17) is 5.73 Å². The number of H-pyrrole nitrogens is 1. The lowest BCUT2D eigenvalue weighted by Gasteiger charge is -1.97. The van der Waals surface area contributed by atoms with Crippen molar-refractivity contribution in [2.75, 3.05) is 0 Å². The van der Waals surface area contributed by atoms with Gasteiger partial charge in [0.1, 0.15) is 0 Å². The molecule has 0 unspecified atom stereocenters. The first kappa shape index (κ1) is 8.36. The maximum absolute atomic E-state index is 11.0. The van der Waals surface area contributed by atoms with Gasteiger partial charge >= 0.3 is 0 Å². The van der Waals surface area contributed by atoms with Crippen molar-refractivity contribution < 1.29 is 4.79 Å². The van der Waals surface area contributed by atoms with Gasteiger partial charge in [0, 0.05) is 5.56 Å². The third-order valence-corrected chi connectivity index (χ3v) is 1.78. The molecule has 0 aromatic carbocycles. The molecule has 2 aromatic heterocycles. The van der Waals surface area contributed by atoms with Gasteiger partial charge in [-0.05, 0) is 6.07 Å². The molecule has 6 nitrogen and oxygen atoms in total. The highest BCUT2D eigenvalue weighted by molar-refractivity contribution is 5.98. The first-order valence-corrected chi connectivity index (χ1v) is 3.89. The van der Waals surface area contributed by atoms with Crippen molar-refractivity contribution in [2.45, 2.75) is 0 Å². The van der Waals surface area contributed by atoms with Crippen LogP contribution in [0.15, 0.2) is 24.7 Å².